The van der Waals surface area contributed by atoms with E-state index < -0.39 is 21.0 Å². The number of nitrogens with zero attached hydrogens (tertiary/aromatic N) is 2. The number of likely N-dealkylation sites (tertiary alicyclic amines) is 2. The standard InChI is InChI=1S/C13H28NO3S.C9H19NO.2C2H6.2CH4/c1-5-18(16,17)11-10-14(4)8-6-12(7-9-14)13(2,3)15;1-9(2,11)8-4-6-10(3)7-5-8;2*1-2;;/h12,15H,5-11H2,1-4H3;8,11H,4-7H2,1-3H3;2*1-2H3;2*1H4/q+1;;;;;/i;;;;2*1D. The van der Waals surface area contributed by atoms with Crippen LogP contribution in [-0.2, 0) is 9.84 Å². The highest BCUT2D eigenvalue weighted by Gasteiger charge is 2.37. The van der Waals surface area contributed by atoms with Gasteiger partial charge in [-0.15, -0.1) is 0 Å². The molecule has 35 heavy (non-hydrogen) atoms. The van der Waals surface area contributed by atoms with E-state index in [-0.39, 0.29) is 11.5 Å². The molecule has 2 aliphatic heterocycles. The average Bonchev–Trinajstić information content (AvgIpc) is 2.88. The molecular formula is C28H67N2O4S+. The quantitative estimate of drug-likeness (QED) is 0.446. The molecular weight excluding hydrogens is 460 g/mol. The van der Waals surface area contributed by atoms with Crippen LogP contribution in [0.15, 0.2) is 0 Å². The van der Waals surface area contributed by atoms with Gasteiger partial charge in [0.1, 0.15) is 0 Å². The van der Waals surface area contributed by atoms with Crippen LogP contribution < -0.4 is 0 Å². The van der Waals surface area contributed by atoms with Crippen LogP contribution in [0, 0.1) is 11.8 Å². The topological polar surface area (TPSA) is 77.8 Å². The molecule has 2 N–H and O–H groups in total. The monoisotopic (exact) mass is 529 g/mol. The maximum atomic E-state index is 11.6. The van der Waals surface area contributed by atoms with Gasteiger partial charge >= 0.3 is 0 Å². The van der Waals surface area contributed by atoms with Gasteiger partial charge in [-0.05, 0) is 72.5 Å². The van der Waals surface area contributed by atoms with Crippen LogP contribution in [0.4, 0.5) is 0 Å². The lowest BCUT2D eigenvalue weighted by Crippen LogP contribution is -2.54. The lowest BCUT2D eigenvalue weighted by molar-refractivity contribution is -0.913. The van der Waals surface area contributed by atoms with E-state index in [0.29, 0.717) is 18.4 Å². The normalized spacial score (nSPS) is 23.9. The summed E-state index contributed by atoms with van der Waals surface area (Å²) in [5, 5.41) is 19.7. The van der Waals surface area contributed by atoms with E-state index >= 15 is 0 Å². The molecule has 2 fully saturated rings. The molecule has 0 spiro atoms. The van der Waals surface area contributed by atoms with Gasteiger partial charge in [-0.1, -0.05) is 49.4 Å². The molecule has 0 amide bonds. The molecule has 0 unspecified atom stereocenters. The Labute approximate surface area is 224 Å². The van der Waals surface area contributed by atoms with Crippen LogP contribution in [0.1, 0.15) is 106 Å². The molecule has 218 valence electrons. The Morgan fingerprint density at radius 1 is 0.886 bits per heavy atom. The highest BCUT2D eigenvalue weighted by molar-refractivity contribution is 7.91. The fraction of sp³-hybridized carbons (Fsp3) is 1.00. The van der Waals surface area contributed by atoms with Crippen molar-refractivity contribution in [1.29, 1.82) is 0 Å². The molecule has 2 rings (SSSR count). The number of hydrogen-bond donors (Lipinski definition) is 2. The van der Waals surface area contributed by atoms with E-state index in [2.05, 4.69) is 19.0 Å². The van der Waals surface area contributed by atoms with Crippen molar-refractivity contribution < 1.29 is 25.9 Å². The third-order valence-corrected chi connectivity index (χ3v) is 8.82. The molecule has 2 heterocycles. The zero-order valence-electron chi connectivity index (χ0n) is 27.9. The van der Waals surface area contributed by atoms with Crippen LogP contribution in [0.3, 0.4) is 0 Å². The first-order chi connectivity index (χ1) is 17.1. The van der Waals surface area contributed by atoms with E-state index in [0.717, 1.165) is 56.3 Å². The second-order valence-electron chi connectivity index (χ2n) is 10.7. The summed E-state index contributed by atoms with van der Waals surface area (Å²) in [5.41, 5.74) is -1.08. The summed E-state index contributed by atoms with van der Waals surface area (Å²) in [4.78, 5) is 2.32. The number of quaternary nitrogens is 1. The van der Waals surface area contributed by atoms with Crippen molar-refractivity contribution in [1.82, 2.24) is 4.90 Å². The summed E-state index contributed by atoms with van der Waals surface area (Å²) in [7, 11) is 3.91. The summed E-state index contributed by atoms with van der Waals surface area (Å²) < 4.78 is 35.4. The lowest BCUT2D eigenvalue weighted by Gasteiger charge is -2.43. The van der Waals surface area contributed by atoms with Crippen molar-refractivity contribution in [2.75, 3.05) is 58.3 Å². The highest BCUT2D eigenvalue weighted by atomic mass is 32.2. The van der Waals surface area contributed by atoms with E-state index in [4.69, 9.17) is 2.74 Å². The summed E-state index contributed by atoms with van der Waals surface area (Å²) >= 11 is 0. The van der Waals surface area contributed by atoms with Crippen LogP contribution >= 0.6 is 0 Å². The lowest BCUT2D eigenvalue weighted by atomic mass is 9.82. The Morgan fingerprint density at radius 2 is 1.23 bits per heavy atom. The summed E-state index contributed by atoms with van der Waals surface area (Å²) in [5.74, 6) is 1.36. The zero-order chi connectivity index (χ0) is 30.5. The van der Waals surface area contributed by atoms with Crippen LogP contribution in [0.2, 0.25) is 0 Å². The predicted octanol–water partition coefficient (Wildman–Crippen LogP) is 5.47. The van der Waals surface area contributed by atoms with Gasteiger partial charge < -0.3 is 19.6 Å². The maximum absolute atomic E-state index is 11.6. The molecule has 6 nitrogen and oxygen atoms in total. The minimum Gasteiger partial charge on any atom is -0.390 e. The first-order valence-electron chi connectivity index (χ1n) is 15.3. The van der Waals surface area contributed by atoms with Crippen molar-refractivity contribution >= 4 is 9.84 Å². The summed E-state index contributed by atoms with van der Waals surface area (Å²) in [6.45, 7) is 22.2. The van der Waals surface area contributed by atoms with E-state index in [9.17, 15) is 18.6 Å². The minimum absolute atomic E-state index is 0.235. The highest BCUT2D eigenvalue weighted by Crippen LogP contribution is 2.30. The molecule has 0 aromatic rings. The van der Waals surface area contributed by atoms with E-state index in [1.54, 1.807) is 6.92 Å². The summed E-state index contributed by atoms with van der Waals surface area (Å²) in [6, 6.07) is 0. The Bertz CT molecular complexity index is 590. The van der Waals surface area contributed by atoms with Crippen molar-refractivity contribution in [3.63, 3.8) is 0 Å². The Kier molecular flexibility index (Phi) is 20.0. The molecule has 0 atom stereocenters. The third-order valence-electron chi connectivity index (χ3n) is 7.13. The molecule has 2 aliphatic rings. The van der Waals surface area contributed by atoms with Gasteiger partial charge in [-0.25, -0.2) is 8.42 Å². The SMILES string of the molecule is CC.CC.CCS(=O)(=O)CC[N+]1(C)CCC(C(C)(C)O)CC1.CN1CCC(C(C)(C)O)CC1.[2H]C.[2H]C. The predicted molar refractivity (Wildman–Crippen MR) is 157 cm³/mol. The first kappa shape index (κ1) is 36.9. The van der Waals surface area contributed by atoms with E-state index in [1.807, 2.05) is 55.4 Å². The number of rotatable bonds is 6. The third kappa shape index (κ3) is 17.8. The van der Waals surface area contributed by atoms with Gasteiger partial charge in [0.05, 0.1) is 43.6 Å². The minimum atomic E-state index is -2.86. The number of hydrogen-bond acceptors (Lipinski definition) is 5. The second kappa shape index (κ2) is 18.9. The second-order valence-corrected chi connectivity index (χ2v) is 13.2. The van der Waals surface area contributed by atoms with Crippen LogP contribution in [0.25, 0.3) is 0 Å². The molecule has 2 saturated heterocycles. The number of sulfone groups is 1. The van der Waals surface area contributed by atoms with Gasteiger partial charge in [0.15, 0.2) is 9.84 Å². The molecule has 7 heteroatoms. The average molecular weight is 530 g/mol. The van der Waals surface area contributed by atoms with Gasteiger partial charge in [-0.3, -0.25) is 0 Å². The van der Waals surface area contributed by atoms with Crippen molar-refractivity contribution in [2.24, 2.45) is 11.8 Å². The molecule has 0 bridgehead atoms. The van der Waals surface area contributed by atoms with Crippen LogP contribution in [-0.4, -0.2) is 97.5 Å². The van der Waals surface area contributed by atoms with E-state index in [1.165, 1.54) is 14.8 Å². The number of piperidine rings is 2. The molecule has 0 aromatic heterocycles. The molecule has 0 aromatic carbocycles. The van der Waals surface area contributed by atoms with Gasteiger partial charge in [0.25, 0.3) is 0 Å². The fourth-order valence-corrected chi connectivity index (χ4v) is 5.35. The van der Waals surface area contributed by atoms with Crippen molar-refractivity contribution in [2.45, 2.75) is 114 Å². The van der Waals surface area contributed by atoms with Crippen molar-refractivity contribution in [3.8, 4) is 0 Å². The van der Waals surface area contributed by atoms with Crippen molar-refractivity contribution in [3.05, 3.63) is 0 Å². The van der Waals surface area contributed by atoms with Gasteiger partial charge in [-0.2, -0.15) is 0 Å². The van der Waals surface area contributed by atoms with Gasteiger partial charge in [0, 0.05) is 21.3 Å². The maximum Gasteiger partial charge on any atom is 0.155 e. The Morgan fingerprint density at radius 3 is 1.54 bits per heavy atom. The summed E-state index contributed by atoms with van der Waals surface area (Å²) in [6.07, 6.45) is 4.23. The molecule has 0 saturated carbocycles. The smallest absolute Gasteiger partial charge is 0.155 e. The Hall–Kier alpha value is -0.210. The molecule has 0 radical (unpaired) electrons. The van der Waals surface area contributed by atoms with Gasteiger partial charge in [0.2, 0.25) is 0 Å². The number of aliphatic hydroxyl groups is 2. The van der Waals surface area contributed by atoms with Crippen LogP contribution in [0.5, 0.6) is 0 Å². The molecule has 0 aliphatic carbocycles. The fourth-order valence-electron chi connectivity index (χ4n) is 4.34. The Balaban J connectivity index is -0.000000245. The first-order valence-corrected chi connectivity index (χ1v) is 15.1. The zero-order valence-corrected chi connectivity index (χ0v) is 26.8. The largest absolute Gasteiger partial charge is 0.390 e.